The van der Waals surface area contributed by atoms with Gasteiger partial charge in [-0.1, -0.05) is 68.0 Å². The predicted octanol–water partition coefficient (Wildman–Crippen LogP) is 3.25. The van der Waals surface area contributed by atoms with Crippen molar-refractivity contribution in [3.8, 4) is 0 Å². The number of rotatable bonds is 5. The maximum Gasteiger partial charge on any atom is 0.269 e. The highest BCUT2D eigenvalue weighted by Gasteiger charge is 2.20. The summed E-state index contributed by atoms with van der Waals surface area (Å²) in [4.78, 5) is 25.7. The topological polar surface area (TPSA) is 64.8 Å². The molecule has 3 aromatic rings. The summed E-state index contributed by atoms with van der Waals surface area (Å²) in [5.74, 6) is -0.0474. The molecule has 2 heterocycles. The number of aromatic nitrogens is 3. The number of carbonyl (C=O) groups is 1. The minimum Gasteiger partial charge on any atom is -0.294 e. The third-order valence-corrected chi connectivity index (χ3v) is 6.48. The van der Waals surface area contributed by atoms with Crippen LogP contribution in [-0.2, 0) is 17.8 Å². The molecular weight excluding hydrogens is 426 g/mol. The fourth-order valence-corrected chi connectivity index (χ4v) is 4.22. The molecule has 5 nitrogen and oxygen atoms in total. The van der Waals surface area contributed by atoms with Crippen LogP contribution in [0.25, 0.3) is 12.2 Å². The van der Waals surface area contributed by atoms with Crippen molar-refractivity contribution in [1.82, 2.24) is 14.2 Å². The molecule has 3 rings (SSSR count). The highest BCUT2D eigenvalue weighted by Crippen LogP contribution is 2.18. The zero-order valence-corrected chi connectivity index (χ0v) is 19.1. The molecule has 0 aliphatic heterocycles. The van der Waals surface area contributed by atoms with Crippen LogP contribution >= 0.6 is 34.5 Å². The highest BCUT2D eigenvalue weighted by atomic mass is 35.5. The van der Waals surface area contributed by atoms with Gasteiger partial charge in [-0.05, 0) is 23.6 Å². The smallest absolute Gasteiger partial charge is 0.269 e. The Morgan fingerprint density at radius 3 is 2.48 bits per heavy atom. The SMILES string of the molecule is CCc1ccc(C=c2sc(=CC(=O)C(C)(C)C)n(Cc3nnsc3Cl)c2=O)cc1. The van der Waals surface area contributed by atoms with Crippen molar-refractivity contribution in [1.29, 1.82) is 0 Å². The van der Waals surface area contributed by atoms with Crippen molar-refractivity contribution in [2.24, 2.45) is 5.41 Å². The Labute approximate surface area is 182 Å². The van der Waals surface area contributed by atoms with Crippen molar-refractivity contribution < 1.29 is 4.79 Å². The number of hydrogen-bond donors (Lipinski definition) is 0. The summed E-state index contributed by atoms with van der Waals surface area (Å²) in [6.07, 6.45) is 4.35. The number of hydrogen-bond acceptors (Lipinski definition) is 6. The Hall–Kier alpha value is -2.09. The number of carbonyl (C=O) groups excluding carboxylic acids is 1. The molecular formula is C21H22ClN3O2S2. The van der Waals surface area contributed by atoms with E-state index in [0.29, 0.717) is 19.2 Å². The van der Waals surface area contributed by atoms with E-state index in [-0.39, 0.29) is 17.9 Å². The van der Waals surface area contributed by atoms with Gasteiger partial charge in [-0.25, -0.2) is 0 Å². The van der Waals surface area contributed by atoms with Gasteiger partial charge in [0, 0.05) is 23.0 Å². The zero-order chi connectivity index (χ0) is 21.2. The third kappa shape index (κ3) is 5.10. The molecule has 1 aromatic carbocycles. The molecule has 2 aromatic heterocycles. The van der Waals surface area contributed by atoms with Gasteiger partial charge >= 0.3 is 0 Å². The van der Waals surface area contributed by atoms with Gasteiger partial charge in [-0.2, -0.15) is 0 Å². The van der Waals surface area contributed by atoms with Crippen LogP contribution < -0.4 is 14.8 Å². The largest absolute Gasteiger partial charge is 0.294 e. The van der Waals surface area contributed by atoms with E-state index in [1.165, 1.54) is 23.0 Å². The molecule has 0 radical (unpaired) electrons. The minimum atomic E-state index is -0.537. The van der Waals surface area contributed by atoms with Crippen LogP contribution in [0.3, 0.4) is 0 Å². The summed E-state index contributed by atoms with van der Waals surface area (Å²) in [5.41, 5.74) is 1.99. The zero-order valence-electron chi connectivity index (χ0n) is 16.7. The molecule has 0 saturated carbocycles. The maximum atomic E-state index is 13.1. The molecule has 0 atom stereocenters. The fourth-order valence-electron chi connectivity index (χ4n) is 2.56. The van der Waals surface area contributed by atoms with Crippen molar-refractivity contribution in [3.05, 3.63) is 65.0 Å². The summed E-state index contributed by atoms with van der Waals surface area (Å²) in [6, 6.07) is 8.09. The molecule has 0 aliphatic carbocycles. The van der Waals surface area contributed by atoms with Gasteiger partial charge in [0.05, 0.1) is 11.1 Å². The van der Waals surface area contributed by atoms with Gasteiger partial charge in [0.25, 0.3) is 5.56 Å². The monoisotopic (exact) mass is 447 g/mol. The van der Waals surface area contributed by atoms with Crippen LogP contribution in [-0.4, -0.2) is 19.9 Å². The van der Waals surface area contributed by atoms with Crippen LogP contribution in [0, 0.1) is 5.41 Å². The molecule has 0 unspecified atom stereocenters. The number of benzene rings is 1. The van der Waals surface area contributed by atoms with E-state index < -0.39 is 5.41 Å². The van der Waals surface area contributed by atoms with Gasteiger partial charge in [-0.15, -0.1) is 16.4 Å². The maximum absolute atomic E-state index is 13.1. The Kier molecular flexibility index (Phi) is 6.51. The second-order valence-electron chi connectivity index (χ2n) is 7.69. The first-order valence-corrected chi connectivity index (χ1v) is 11.2. The standard InChI is InChI=1S/C21H22ClN3O2S2/c1-5-13-6-8-14(9-7-13)10-16-20(27)25(12-15-19(22)29-24-23-15)18(28-16)11-17(26)21(2,3)4/h6-11H,5,12H2,1-4H3. The van der Waals surface area contributed by atoms with Crippen molar-refractivity contribution in [2.75, 3.05) is 0 Å². The van der Waals surface area contributed by atoms with Gasteiger partial charge in [-0.3, -0.25) is 14.2 Å². The van der Waals surface area contributed by atoms with Gasteiger partial charge in [0.15, 0.2) is 5.78 Å². The van der Waals surface area contributed by atoms with Crippen molar-refractivity contribution in [2.45, 2.75) is 40.7 Å². The molecule has 0 N–H and O–H groups in total. The number of nitrogens with zero attached hydrogens (tertiary/aromatic N) is 3. The van der Waals surface area contributed by atoms with E-state index >= 15 is 0 Å². The van der Waals surface area contributed by atoms with Gasteiger partial charge in [0.1, 0.15) is 14.7 Å². The molecule has 0 aliphatic rings. The summed E-state index contributed by atoms with van der Waals surface area (Å²) >= 11 is 8.50. The van der Waals surface area contributed by atoms with E-state index in [0.717, 1.165) is 23.5 Å². The van der Waals surface area contributed by atoms with Gasteiger partial charge < -0.3 is 0 Å². The van der Waals surface area contributed by atoms with E-state index in [4.69, 9.17) is 11.6 Å². The fraction of sp³-hybridized carbons (Fsp3) is 0.333. The number of halogens is 1. The third-order valence-electron chi connectivity index (χ3n) is 4.43. The lowest BCUT2D eigenvalue weighted by molar-refractivity contribution is -0.120. The Morgan fingerprint density at radius 2 is 1.93 bits per heavy atom. The van der Waals surface area contributed by atoms with Crippen LogP contribution in [0.5, 0.6) is 0 Å². The van der Waals surface area contributed by atoms with Crippen LogP contribution in [0.1, 0.15) is 44.5 Å². The van der Waals surface area contributed by atoms with Crippen LogP contribution in [0.15, 0.2) is 29.1 Å². The predicted molar refractivity (Wildman–Crippen MR) is 120 cm³/mol. The Bertz CT molecular complexity index is 1200. The summed E-state index contributed by atoms with van der Waals surface area (Å²) in [7, 11) is 0. The van der Waals surface area contributed by atoms with Crippen LogP contribution in [0.4, 0.5) is 0 Å². The lowest BCUT2D eigenvalue weighted by Gasteiger charge is -2.12. The molecule has 0 bridgehead atoms. The van der Waals surface area contributed by atoms with E-state index in [1.54, 1.807) is 4.57 Å². The second-order valence-corrected chi connectivity index (χ2v) is 10.1. The quantitative estimate of drug-likeness (QED) is 0.602. The Balaban J connectivity index is 2.15. The molecule has 8 heteroatoms. The molecule has 29 heavy (non-hydrogen) atoms. The van der Waals surface area contributed by atoms with Crippen LogP contribution in [0.2, 0.25) is 4.34 Å². The lowest BCUT2D eigenvalue weighted by Crippen LogP contribution is -2.33. The first-order chi connectivity index (χ1) is 13.7. The van der Waals surface area contributed by atoms with Crippen molar-refractivity contribution >= 4 is 52.4 Å². The molecule has 0 spiro atoms. The average molecular weight is 448 g/mol. The Morgan fingerprint density at radius 1 is 1.24 bits per heavy atom. The van der Waals surface area contributed by atoms with Gasteiger partial charge in [0.2, 0.25) is 0 Å². The van der Waals surface area contributed by atoms with E-state index in [2.05, 4.69) is 28.6 Å². The lowest BCUT2D eigenvalue weighted by atomic mass is 9.91. The minimum absolute atomic E-state index is 0.0474. The number of Topliss-reactive ketones (excluding diaryl/α,β-unsaturated/α-hetero) is 1. The molecule has 152 valence electrons. The van der Waals surface area contributed by atoms with Crippen molar-refractivity contribution in [3.63, 3.8) is 0 Å². The molecule has 0 fully saturated rings. The molecule has 0 saturated heterocycles. The number of aryl methyl sites for hydroxylation is 1. The summed E-state index contributed by atoms with van der Waals surface area (Å²) in [5, 5.41) is 4.01. The molecule has 0 amide bonds. The normalized spacial score (nSPS) is 13.3. The summed E-state index contributed by atoms with van der Waals surface area (Å²) < 4.78 is 6.95. The number of thiazole rings is 1. The summed E-state index contributed by atoms with van der Waals surface area (Å²) in [6.45, 7) is 7.84. The first kappa shape index (κ1) is 21.6. The number of ketones is 1. The van der Waals surface area contributed by atoms with E-state index in [9.17, 15) is 9.59 Å². The first-order valence-electron chi connectivity index (χ1n) is 9.22. The second kappa shape index (κ2) is 8.73. The highest BCUT2D eigenvalue weighted by molar-refractivity contribution is 7.10. The van der Waals surface area contributed by atoms with E-state index in [1.807, 2.05) is 39.0 Å². The average Bonchev–Trinajstić information content (AvgIpc) is 3.20.